The van der Waals surface area contributed by atoms with E-state index in [9.17, 15) is 5.26 Å². The van der Waals surface area contributed by atoms with E-state index in [2.05, 4.69) is 25.9 Å². The molecule has 0 amide bonds. The van der Waals surface area contributed by atoms with Gasteiger partial charge in [-0.2, -0.15) is 5.26 Å². The summed E-state index contributed by atoms with van der Waals surface area (Å²) in [7, 11) is 0. The van der Waals surface area contributed by atoms with Crippen molar-refractivity contribution in [1.82, 2.24) is 29.4 Å². The van der Waals surface area contributed by atoms with Crippen LogP contribution in [0.15, 0.2) is 36.7 Å². The maximum absolute atomic E-state index is 15.4. The van der Waals surface area contributed by atoms with E-state index in [1.807, 2.05) is 24.5 Å². The third kappa shape index (κ3) is 4.07. The lowest BCUT2D eigenvalue weighted by molar-refractivity contribution is -0.00789. The van der Waals surface area contributed by atoms with E-state index in [-0.39, 0.29) is 18.5 Å². The van der Waals surface area contributed by atoms with Gasteiger partial charge in [0.25, 0.3) is 0 Å². The Hall–Kier alpha value is -3.90. The van der Waals surface area contributed by atoms with Gasteiger partial charge >= 0.3 is 0 Å². The zero-order valence-corrected chi connectivity index (χ0v) is 20.3. The number of rotatable bonds is 5. The van der Waals surface area contributed by atoms with Crippen molar-refractivity contribution in [3.05, 3.63) is 65.1 Å². The fourth-order valence-electron chi connectivity index (χ4n) is 5.39. The van der Waals surface area contributed by atoms with Crippen LogP contribution in [0, 0.1) is 36.9 Å². The molecule has 3 saturated heterocycles. The zero-order chi connectivity index (χ0) is 24.8. The van der Waals surface area contributed by atoms with Crippen LogP contribution in [0.1, 0.15) is 35.5 Å². The highest BCUT2D eigenvalue weighted by Gasteiger charge is 2.35. The van der Waals surface area contributed by atoms with E-state index in [0.717, 1.165) is 38.2 Å². The van der Waals surface area contributed by atoms with Crippen LogP contribution in [0.2, 0.25) is 0 Å². The van der Waals surface area contributed by atoms with Crippen LogP contribution in [0.3, 0.4) is 0 Å². The second kappa shape index (κ2) is 8.95. The minimum Gasteiger partial charge on any atom is -0.489 e. The third-order valence-corrected chi connectivity index (χ3v) is 7.24. The molecule has 182 valence electrons. The van der Waals surface area contributed by atoms with Crippen molar-refractivity contribution in [3.8, 4) is 23.2 Å². The topological polar surface area (TPSA) is 92.8 Å². The van der Waals surface area contributed by atoms with Crippen molar-refractivity contribution in [3.63, 3.8) is 0 Å². The number of halogens is 1. The van der Waals surface area contributed by atoms with E-state index >= 15 is 4.39 Å². The summed E-state index contributed by atoms with van der Waals surface area (Å²) in [4.78, 5) is 20.4. The summed E-state index contributed by atoms with van der Waals surface area (Å²) >= 11 is 0. The Labute approximate surface area is 208 Å². The number of hydrogen-bond acceptors (Lipinski definition) is 7. The lowest BCUT2D eigenvalue weighted by Gasteiger charge is -2.44. The molecule has 2 bridgehead atoms. The van der Waals surface area contributed by atoms with E-state index in [1.165, 1.54) is 12.3 Å². The number of aromatic nitrogens is 5. The van der Waals surface area contributed by atoms with Crippen molar-refractivity contribution in [2.75, 3.05) is 19.6 Å². The van der Waals surface area contributed by atoms with Gasteiger partial charge in [-0.1, -0.05) is 6.07 Å². The SMILES string of the molecule is Cc1nc(C)c2nc(-c3cncc(C#N)c3)n(Cc3ccc(OC4CN5CCC4CC5)cc3F)c2n1. The average Bonchev–Trinajstić information content (AvgIpc) is 3.25. The van der Waals surface area contributed by atoms with Crippen LogP contribution < -0.4 is 4.74 Å². The van der Waals surface area contributed by atoms with Crippen LogP contribution in [0.4, 0.5) is 4.39 Å². The van der Waals surface area contributed by atoms with Crippen molar-refractivity contribution in [2.24, 2.45) is 5.92 Å². The monoisotopic (exact) mass is 483 g/mol. The molecular weight excluding hydrogens is 457 g/mol. The van der Waals surface area contributed by atoms with Gasteiger partial charge < -0.3 is 9.30 Å². The van der Waals surface area contributed by atoms with E-state index in [1.54, 1.807) is 18.3 Å². The summed E-state index contributed by atoms with van der Waals surface area (Å²) in [6.07, 6.45) is 5.55. The van der Waals surface area contributed by atoms with Crippen LogP contribution in [0.5, 0.6) is 5.75 Å². The molecule has 1 unspecified atom stereocenters. The molecule has 7 rings (SSSR count). The first-order valence-corrected chi connectivity index (χ1v) is 12.2. The molecule has 0 aliphatic carbocycles. The van der Waals surface area contributed by atoms with Gasteiger partial charge in [-0.15, -0.1) is 0 Å². The molecule has 3 fully saturated rings. The molecule has 1 aromatic carbocycles. The number of piperidine rings is 3. The summed E-state index contributed by atoms with van der Waals surface area (Å²) in [5, 5.41) is 9.34. The van der Waals surface area contributed by atoms with Gasteiger partial charge in [0.15, 0.2) is 5.65 Å². The number of aryl methyl sites for hydroxylation is 2. The van der Waals surface area contributed by atoms with Crippen LogP contribution in [-0.2, 0) is 6.54 Å². The zero-order valence-electron chi connectivity index (χ0n) is 20.3. The van der Waals surface area contributed by atoms with E-state index < -0.39 is 0 Å². The Morgan fingerprint density at radius 1 is 1.11 bits per heavy atom. The first-order valence-electron chi connectivity index (χ1n) is 12.2. The number of fused-ring (bicyclic) bond motifs is 4. The van der Waals surface area contributed by atoms with Crippen molar-refractivity contribution < 1.29 is 9.13 Å². The molecule has 9 heteroatoms. The Morgan fingerprint density at radius 3 is 2.67 bits per heavy atom. The van der Waals surface area contributed by atoms with E-state index in [4.69, 9.17) is 9.72 Å². The number of hydrogen-bond donors (Lipinski definition) is 0. The van der Waals surface area contributed by atoms with Gasteiger partial charge in [0.2, 0.25) is 0 Å². The lowest BCUT2D eigenvalue weighted by atomic mass is 9.86. The maximum atomic E-state index is 15.4. The first kappa shape index (κ1) is 22.6. The van der Waals surface area contributed by atoms with Crippen molar-refractivity contribution in [1.29, 1.82) is 5.26 Å². The highest BCUT2D eigenvalue weighted by Crippen LogP contribution is 2.32. The quantitative estimate of drug-likeness (QED) is 0.423. The lowest BCUT2D eigenvalue weighted by Crippen LogP contribution is -2.52. The van der Waals surface area contributed by atoms with Crippen molar-refractivity contribution >= 4 is 11.2 Å². The number of pyridine rings is 1. The fraction of sp³-hybridized carbons (Fsp3) is 0.370. The van der Waals surface area contributed by atoms with Gasteiger partial charge in [-0.05, 0) is 57.8 Å². The molecule has 0 N–H and O–H groups in total. The molecular formula is C27H26FN7O. The molecule has 1 atom stereocenters. The summed E-state index contributed by atoms with van der Waals surface area (Å²) in [5.41, 5.74) is 3.57. The Morgan fingerprint density at radius 2 is 1.94 bits per heavy atom. The summed E-state index contributed by atoms with van der Waals surface area (Å²) in [6, 6.07) is 8.94. The third-order valence-electron chi connectivity index (χ3n) is 7.24. The maximum Gasteiger partial charge on any atom is 0.164 e. The smallest absolute Gasteiger partial charge is 0.164 e. The average molecular weight is 484 g/mol. The molecule has 3 aromatic heterocycles. The van der Waals surface area contributed by atoms with Crippen molar-refractivity contribution in [2.45, 2.75) is 39.3 Å². The first-order chi connectivity index (χ1) is 17.5. The molecule has 0 spiro atoms. The van der Waals surface area contributed by atoms with Gasteiger partial charge in [0.1, 0.15) is 40.9 Å². The Kier molecular flexibility index (Phi) is 5.61. The van der Waals surface area contributed by atoms with Crippen LogP contribution >= 0.6 is 0 Å². The standard InChI is InChI=1S/C27H26FN7O/c1-16-25-27(32-17(2)31-16)35(26(33-25)21-9-18(11-29)12-30-13-21)14-20-3-4-22(10-23(20)28)36-24-15-34-7-5-19(24)6-8-34/h3-4,9-10,12-13,19,24H,5-8,14-15H2,1-2H3. The Bertz CT molecular complexity index is 1500. The number of ether oxygens (including phenoxy) is 1. The van der Waals surface area contributed by atoms with E-state index in [0.29, 0.717) is 51.2 Å². The van der Waals surface area contributed by atoms with Gasteiger partial charge in [0, 0.05) is 36.1 Å². The number of benzene rings is 1. The number of nitriles is 1. The summed E-state index contributed by atoms with van der Waals surface area (Å²) < 4.78 is 23.5. The molecule has 0 radical (unpaired) electrons. The largest absolute Gasteiger partial charge is 0.489 e. The minimum atomic E-state index is -0.340. The number of nitrogens with zero attached hydrogens (tertiary/aromatic N) is 7. The molecule has 4 aromatic rings. The highest BCUT2D eigenvalue weighted by atomic mass is 19.1. The Balaban J connectivity index is 1.36. The van der Waals surface area contributed by atoms with Gasteiger partial charge in [-0.25, -0.2) is 19.3 Å². The van der Waals surface area contributed by atoms with Crippen LogP contribution in [0.25, 0.3) is 22.6 Å². The molecule has 6 heterocycles. The molecule has 36 heavy (non-hydrogen) atoms. The van der Waals surface area contributed by atoms with Crippen LogP contribution in [-0.4, -0.2) is 55.1 Å². The summed E-state index contributed by atoms with van der Waals surface area (Å²) in [5.74, 6) is 1.93. The normalized spacial score (nSPS) is 21.0. The highest BCUT2D eigenvalue weighted by molar-refractivity contribution is 5.79. The van der Waals surface area contributed by atoms with Gasteiger partial charge in [0.05, 0.1) is 17.8 Å². The molecule has 0 saturated carbocycles. The second-order valence-electron chi connectivity index (χ2n) is 9.67. The predicted octanol–water partition coefficient (Wildman–Crippen LogP) is 4.04. The molecule has 3 aliphatic heterocycles. The minimum absolute atomic E-state index is 0.115. The molecule has 3 aliphatic rings. The molecule has 8 nitrogen and oxygen atoms in total. The summed E-state index contributed by atoms with van der Waals surface area (Å²) in [6.45, 7) is 7.09. The predicted molar refractivity (Wildman–Crippen MR) is 132 cm³/mol. The van der Waals surface area contributed by atoms with Gasteiger partial charge in [-0.3, -0.25) is 9.88 Å². The second-order valence-corrected chi connectivity index (χ2v) is 9.67. The fourth-order valence-corrected chi connectivity index (χ4v) is 5.39. The number of imidazole rings is 1.